The van der Waals surface area contributed by atoms with Gasteiger partial charge in [0.2, 0.25) is 11.7 Å². The Hall–Kier alpha value is -2.96. The summed E-state index contributed by atoms with van der Waals surface area (Å²) in [6.07, 6.45) is 1.86. The van der Waals surface area contributed by atoms with Crippen LogP contribution < -0.4 is 5.32 Å². The van der Waals surface area contributed by atoms with Crippen LogP contribution in [0.2, 0.25) is 0 Å². The molecular weight excluding hydrogens is 332 g/mol. The van der Waals surface area contributed by atoms with E-state index in [1.54, 1.807) is 0 Å². The number of oxazole rings is 1. The van der Waals surface area contributed by atoms with E-state index in [-0.39, 0.29) is 23.6 Å². The minimum atomic E-state index is -0.329. The first-order chi connectivity index (χ1) is 12.4. The van der Waals surface area contributed by atoms with Crippen molar-refractivity contribution in [1.82, 2.24) is 20.4 Å². The molecule has 0 aliphatic carbocycles. The highest BCUT2D eigenvalue weighted by molar-refractivity contribution is 5.93. The van der Waals surface area contributed by atoms with Gasteiger partial charge in [-0.05, 0) is 11.0 Å². The number of hydrogen-bond donors (Lipinski definition) is 1. The normalized spacial score (nSPS) is 11.5. The van der Waals surface area contributed by atoms with Crippen LogP contribution >= 0.6 is 0 Å². The highest BCUT2D eigenvalue weighted by Gasteiger charge is 2.17. The molecule has 2 aromatic heterocycles. The van der Waals surface area contributed by atoms with Gasteiger partial charge < -0.3 is 14.3 Å². The van der Waals surface area contributed by atoms with Crippen LogP contribution in [0.1, 0.15) is 55.4 Å². The van der Waals surface area contributed by atoms with Crippen LogP contribution in [0, 0.1) is 0 Å². The molecule has 0 fully saturated rings. The number of benzene rings is 1. The molecule has 7 heteroatoms. The second-order valence-electron chi connectivity index (χ2n) is 7.00. The predicted molar refractivity (Wildman–Crippen MR) is 95.5 cm³/mol. The molecule has 26 heavy (non-hydrogen) atoms. The third-order valence-corrected chi connectivity index (χ3v) is 4.05. The van der Waals surface area contributed by atoms with E-state index < -0.39 is 0 Å². The summed E-state index contributed by atoms with van der Waals surface area (Å²) in [7, 11) is 0. The zero-order valence-electron chi connectivity index (χ0n) is 15.4. The summed E-state index contributed by atoms with van der Waals surface area (Å²) in [5, 5.41) is 6.69. The fraction of sp³-hybridized carbons (Fsp3) is 0.368. The molecule has 0 saturated heterocycles. The van der Waals surface area contributed by atoms with E-state index in [0.717, 1.165) is 5.56 Å². The van der Waals surface area contributed by atoms with Crippen molar-refractivity contribution in [1.29, 1.82) is 0 Å². The van der Waals surface area contributed by atoms with Gasteiger partial charge in [0.05, 0.1) is 6.54 Å². The molecule has 3 rings (SSSR count). The van der Waals surface area contributed by atoms with Crippen molar-refractivity contribution in [2.24, 2.45) is 0 Å². The van der Waals surface area contributed by atoms with Crippen molar-refractivity contribution in [2.75, 3.05) is 0 Å². The Balaban J connectivity index is 1.66. The van der Waals surface area contributed by atoms with Crippen molar-refractivity contribution in [3.63, 3.8) is 0 Å². The maximum Gasteiger partial charge on any atom is 0.273 e. The average molecular weight is 354 g/mol. The third-order valence-electron chi connectivity index (χ3n) is 4.05. The van der Waals surface area contributed by atoms with Crippen molar-refractivity contribution >= 4 is 5.91 Å². The van der Waals surface area contributed by atoms with Crippen LogP contribution in [-0.2, 0) is 18.4 Å². The van der Waals surface area contributed by atoms with Gasteiger partial charge in [-0.2, -0.15) is 4.98 Å². The largest absolute Gasteiger partial charge is 0.448 e. The number of hydrogen-bond acceptors (Lipinski definition) is 6. The molecule has 136 valence electrons. The van der Waals surface area contributed by atoms with E-state index in [0.29, 0.717) is 23.9 Å². The van der Waals surface area contributed by atoms with E-state index in [1.807, 2.05) is 19.1 Å². The highest BCUT2D eigenvalue weighted by atomic mass is 16.5. The van der Waals surface area contributed by atoms with E-state index in [4.69, 9.17) is 8.94 Å². The molecular formula is C19H22N4O3. The maximum absolute atomic E-state index is 12.1. The minimum Gasteiger partial charge on any atom is -0.448 e. The van der Waals surface area contributed by atoms with Gasteiger partial charge in [0.25, 0.3) is 5.91 Å². The molecule has 0 aliphatic rings. The van der Waals surface area contributed by atoms with Crippen LogP contribution in [0.5, 0.6) is 0 Å². The number of carbonyl (C=O) groups excluding carboxylic acids is 1. The number of aromatic nitrogens is 3. The SMILES string of the molecule is CCc1ocnc1C(=O)NCc1nc(-c2ccc(C(C)(C)C)cc2)no1. The molecule has 0 spiro atoms. The van der Waals surface area contributed by atoms with Gasteiger partial charge in [-0.1, -0.05) is 57.1 Å². The second-order valence-corrected chi connectivity index (χ2v) is 7.00. The second kappa shape index (κ2) is 7.11. The van der Waals surface area contributed by atoms with Crippen LogP contribution in [0.3, 0.4) is 0 Å². The Labute approximate surface area is 151 Å². The lowest BCUT2D eigenvalue weighted by Gasteiger charge is -2.18. The van der Waals surface area contributed by atoms with E-state index in [1.165, 1.54) is 12.0 Å². The van der Waals surface area contributed by atoms with Crippen LogP contribution in [-0.4, -0.2) is 21.0 Å². The Morgan fingerprint density at radius 1 is 1.19 bits per heavy atom. The van der Waals surface area contributed by atoms with E-state index in [9.17, 15) is 4.79 Å². The summed E-state index contributed by atoms with van der Waals surface area (Å²) in [5.74, 6) is 1.04. The smallest absolute Gasteiger partial charge is 0.273 e. The summed E-state index contributed by atoms with van der Waals surface area (Å²) in [6, 6.07) is 8.06. The molecule has 3 aromatic rings. The lowest BCUT2D eigenvalue weighted by Crippen LogP contribution is -2.24. The fourth-order valence-electron chi connectivity index (χ4n) is 2.51. The molecule has 0 bridgehead atoms. The molecule has 0 aliphatic heterocycles. The Kier molecular flexibility index (Phi) is 4.88. The first-order valence-electron chi connectivity index (χ1n) is 8.52. The predicted octanol–water partition coefficient (Wildman–Crippen LogP) is 3.51. The Morgan fingerprint density at radius 2 is 1.92 bits per heavy atom. The van der Waals surface area contributed by atoms with Gasteiger partial charge in [-0.25, -0.2) is 4.98 Å². The quantitative estimate of drug-likeness (QED) is 0.753. The number of carbonyl (C=O) groups is 1. The molecule has 7 nitrogen and oxygen atoms in total. The summed E-state index contributed by atoms with van der Waals surface area (Å²) >= 11 is 0. The number of nitrogens with one attached hydrogen (secondary N) is 1. The molecule has 1 N–H and O–H groups in total. The Morgan fingerprint density at radius 3 is 2.58 bits per heavy atom. The van der Waals surface area contributed by atoms with Crippen LogP contribution in [0.4, 0.5) is 0 Å². The number of aryl methyl sites for hydroxylation is 1. The molecule has 1 aromatic carbocycles. The average Bonchev–Trinajstić information content (AvgIpc) is 3.28. The van der Waals surface area contributed by atoms with Gasteiger partial charge in [0.1, 0.15) is 5.76 Å². The first kappa shape index (κ1) is 17.8. The highest BCUT2D eigenvalue weighted by Crippen LogP contribution is 2.25. The number of rotatable bonds is 5. The van der Waals surface area contributed by atoms with Gasteiger partial charge in [-0.15, -0.1) is 0 Å². The zero-order valence-corrected chi connectivity index (χ0v) is 15.4. The number of amides is 1. The Bertz CT molecular complexity index is 888. The van der Waals surface area contributed by atoms with Crippen molar-refractivity contribution in [3.05, 3.63) is 53.6 Å². The van der Waals surface area contributed by atoms with Gasteiger partial charge in [0, 0.05) is 12.0 Å². The topological polar surface area (TPSA) is 94.1 Å². The van der Waals surface area contributed by atoms with Gasteiger partial charge in [0.15, 0.2) is 12.1 Å². The first-order valence-corrected chi connectivity index (χ1v) is 8.52. The zero-order chi connectivity index (χ0) is 18.7. The molecule has 0 atom stereocenters. The van der Waals surface area contributed by atoms with Crippen molar-refractivity contribution in [3.8, 4) is 11.4 Å². The fourth-order valence-corrected chi connectivity index (χ4v) is 2.51. The lowest BCUT2D eigenvalue weighted by atomic mass is 9.87. The van der Waals surface area contributed by atoms with E-state index >= 15 is 0 Å². The monoisotopic (exact) mass is 354 g/mol. The summed E-state index contributed by atoms with van der Waals surface area (Å²) in [5.41, 5.74) is 2.47. The lowest BCUT2D eigenvalue weighted by molar-refractivity contribution is 0.0940. The summed E-state index contributed by atoms with van der Waals surface area (Å²) < 4.78 is 10.4. The molecule has 1 amide bonds. The third kappa shape index (κ3) is 3.82. The molecule has 0 saturated carbocycles. The van der Waals surface area contributed by atoms with Gasteiger partial charge in [-0.3, -0.25) is 4.79 Å². The standard InChI is InChI=1S/C19H22N4O3/c1-5-14-16(21-11-25-14)18(24)20-10-15-22-17(23-26-15)12-6-8-13(9-7-12)19(2,3)4/h6-9,11H,5,10H2,1-4H3,(H,20,24). The van der Waals surface area contributed by atoms with Crippen molar-refractivity contribution < 1.29 is 13.7 Å². The maximum atomic E-state index is 12.1. The summed E-state index contributed by atoms with van der Waals surface area (Å²) in [6.45, 7) is 8.51. The van der Waals surface area contributed by atoms with E-state index in [2.05, 4.69) is 53.3 Å². The van der Waals surface area contributed by atoms with Gasteiger partial charge >= 0.3 is 0 Å². The molecule has 0 radical (unpaired) electrons. The molecule has 0 unspecified atom stereocenters. The minimum absolute atomic E-state index is 0.0870. The van der Waals surface area contributed by atoms with Crippen LogP contribution in [0.25, 0.3) is 11.4 Å². The molecule has 2 heterocycles. The summed E-state index contributed by atoms with van der Waals surface area (Å²) in [4.78, 5) is 20.4. The number of nitrogens with zero attached hydrogens (tertiary/aromatic N) is 3. The van der Waals surface area contributed by atoms with Crippen LogP contribution in [0.15, 0.2) is 39.6 Å². The van der Waals surface area contributed by atoms with Crippen molar-refractivity contribution in [2.45, 2.75) is 46.1 Å².